The van der Waals surface area contributed by atoms with Crippen LogP contribution in [0.1, 0.15) is 13.8 Å². The van der Waals surface area contributed by atoms with E-state index >= 15 is 0 Å². The second kappa shape index (κ2) is 8.41. The van der Waals surface area contributed by atoms with Crippen molar-refractivity contribution in [3.05, 3.63) is 49.1 Å². The molecule has 8 heteroatoms. The van der Waals surface area contributed by atoms with E-state index in [9.17, 15) is 0 Å². The molecule has 27 heavy (non-hydrogen) atoms. The second-order valence-electron chi connectivity index (χ2n) is 5.23. The van der Waals surface area contributed by atoms with E-state index in [1.807, 2.05) is 32.0 Å². The Morgan fingerprint density at radius 3 is 2.63 bits per heavy atom. The highest BCUT2D eigenvalue weighted by Crippen LogP contribution is 2.33. The molecule has 4 aromatic rings. The van der Waals surface area contributed by atoms with E-state index in [-0.39, 0.29) is 0 Å². The lowest BCUT2D eigenvalue weighted by Crippen LogP contribution is -1.95. The summed E-state index contributed by atoms with van der Waals surface area (Å²) in [5.41, 5.74) is 8.65. The maximum absolute atomic E-state index is 5.78. The zero-order chi connectivity index (χ0) is 19.2. The number of nitrogens with one attached hydrogen (secondary N) is 1. The molecule has 4 rings (SSSR count). The molecule has 3 N–H and O–H groups in total. The molecule has 0 amide bonds. The standard InChI is InChI=1S/C17H14N6OS.C2H6/c1-24-13-6-11(8-21-16(13)18)10-2-3-12-14(7-10)25-17(22-12)23-15-9-19-4-5-20-15;1-2/h2-9H,1H3,(H2,18,21)(H,20,22,23);1-2H3. The molecule has 0 unspecified atom stereocenters. The number of fused-ring (bicyclic) bond motifs is 1. The number of nitrogens with two attached hydrogens (primary N) is 1. The zero-order valence-corrected chi connectivity index (χ0v) is 16.1. The minimum absolute atomic E-state index is 0.376. The summed E-state index contributed by atoms with van der Waals surface area (Å²) in [5.74, 6) is 1.60. The Bertz CT molecular complexity index is 1030. The SMILES string of the molecule is CC.COc1cc(-c2ccc3nc(Nc4cnccn4)sc3c2)cnc1N. The third kappa shape index (κ3) is 4.12. The van der Waals surface area contributed by atoms with Gasteiger partial charge in [0, 0.05) is 24.2 Å². The van der Waals surface area contributed by atoms with Crippen LogP contribution in [0.25, 0.3) is 21.3 Å². The van der Waals surface area contributed by atoms with Gasteiger partial charge in [0.15, 0.2) is 22.5 Å². The van der Waals surface area contributed by atoms with E-state index in [1.165, 1.54) is 0 Å². The maximum Gasteiger partial charge on any atom is 0.189 e. The number of benzene rings is 1. The van der Waals surface area contributed by atoms with E-state index in [1.54, 1.807) is 43.2 Å². The molecule has 7 nitrogen and oxygen atoms in total. The fourth-order valence-corrected chi connectivity index (χ4v) is 3.32. The molecular formula is C19H20N6OS. The van der Waals surface area contributed by atoms with Gasteiger partial charge in [-0.2, -0.15) is 0 Å². The van der Waals surface area contributed by atoms with Crippen LogP contribution in [0.15, 0.2) is 49.1 Å². The molecule has 0 aliphatic heterocycles. The number of hydrogen-bond donors (Lipinski definition) is 2. The van der Waals surface area contributed by atoms with Crippen LogP contribution in [0.3, 0.4) is 0 Å². The molecule has 3 heterocycles. The van der Waals surface area contributed by atoms with E-state index in [4.69, 9.17) is 10.5 Å². The summed E-state index contributed by atoms with van der Waals surface area (Å²) >= 11 is 1.55. The fraction of sp³-hybridized carbons (Fsp3) is 0.158. The van der Waals surface area contributed by atoms with Gasteiger partial charge in [0.25, 0.3) is 0 Å². The third-order valence-electron chi connectivity index (χ3n) is 3.62. The predicted octanol–water partition coefficient (Wildman–Crippen LogP) is 4.51. The number of thiazole rings is 1. The number of nitrogen functional groups attached to an aromatic ring is 1. The lowest BCUT2D eigenvalue weighted by molar-refractivity contribution is 0.415. The highest BCUT2D eigenvalue weighted by Gasteiger charge is 2.09. The van der Waals surface area contributed by atoms with Gasteiger partial charge in [-0.05, 0) is 23.8 Å². The third-order valence-corrected chi connectivity index (χ3v) is 4.56. The first-order valence-electron chi connectivity index (χ1n) is 8.46. The summed E-state index contributed by atoms with van der Waals surface area (Å²) in [7, 11) is 1.58. The van der Waals surface area contributed by atoms with Crippen LogP contribution in [0.5, 0.6) is 5.75 Å². The first-order chi connectivity index (χ1) is 13.2. The minimum Gasteiger partial charge on any atom is -0.493 e. The van der Waals surface area contributed by atoms with Gasteiger partial charge in [-0.1, -0.05) is 31.3 Å². The highest BCUT2D eigenvalue weighted by molar-refractivity contribution is 7.22. The molecular weight excluding hydrogens is 360 g/mol. The molecule has 0 bridgehead atoms. The Morgan fingerprint density at radius 2 is 1.89 bits per heavy atom. The second-order valence-corrected chi connectivity index (χ2v) is 6.26. The van der Waals surface area contributed by atoms with Gasteiger partial charge in [-0.15, -0.1) is 0 Å². The zero-order valence-electron chi connectivity index (χ0n) is 15.3. The number of anilines is 3. The molecule has 0 radical (unpaired) electrons. The van der Waals surface area contributed by atoms with Gasteiger partial charge in [-0.3, -0.25) is 4.98 Å². The summed E-state index contributed by atoms with van der Waals surface area (Å²) in [6.07, 6.45) is 6.66. The van der Waals surface area contributed by atoms with E-state index in [0.29, 0.717) is 17.4 Å². The molecule has 0 aliphatic carbocycles. The predicted molar refractivity (Wildman–Crippen MR) is 110 cm³/mol. The van der Waals surface area contributed by atoms with Crippen LogP contribution in [0.2, 0.25) is 0 Å². The molecule has 0 fully saturated rings. The normalized spacial score (nSPS) is 10.2. The summed E-state index contributed by atoms with van der Waals surface area (Å²) in [4.78, 5) is 17.0. The van der Waals surface area contributed by atoms with Gasteiger partial charge in [-0.25, -0.2) is 15.0 Å². The Labute approximate surface area is 161 Å². The van der Waals surface area contributed by atoms with Gasteiger partial charge in [0.2, 0.25) is 0 Å². The topological polar surface area (TPSA) is 98.8 Å². The maximum atomic E-state index is 5.78. The van der Waals surface area contributed by atoms with Crippen molar-refractivity contribution >= 4 is 38.3 Å². The molecule has 138 valence electrons. The average molecular weight is 380 g/mol. The van der Waals surface area contributed by atoms with Crippen molar-refractivity contribution < 1.29 is 4.74 Å². The minimum atomic E-state index is 0.376. The van der Waals surface area contributed by atoms with Crippen molar-refractivity contribution in [3.63, 3.8) is 0 Å². The number of nitrogens with zero attached hydrogens (tertiary/aromatic N) is 4. The largest absolute Gasteiger partial charge is 0.493 e. The van der Waals surface area contributed by atoms with E-state index in [2.05, 4.69) is 31.3 Å². The Kier molecular flexibility index (Phi) is 5.77. The monoisotopic (exact) mass is 380 g/mol. The lowest BCUT2D eigenvalue weighted by Gasteiger charge is -2.06. The van der Waals surface area contributed by atoms with Crippen molar-refractivity contribution in [3.8, 4) is 16.9 Å². The van der Waals surface area contributed by atoms with Crippen molar-refractivity contribution in [1.82, 2.24) is 19.9 Å². The Hall–Kier alpha value is -3.26. The molecule has 0 saturated carbocycles. The smallest absolute Gasteiger partial charge is 0.189 e. The molecule has 0 aliphatic rings. The number of hydrogen-bond acceptors (Lipinski definition) is 8. The average Bonchev–Trinajstić information content (AvgIpc) is 3.12. The lowest BCUT2D eigenvalue weighted by atomic mass is 10.1. The Morgan fingerprint density at radius 1 is 1.04 bits per heavy atom. The summed E-state index contributed by atoms with van der Waals surface area (Å²) in [6, 6.07) is 7.93. The van der Waals surface area contributed by atoms with Crippen LogP contribution in [0, 0.1) is 0 Å². The van der Waals surface area contributed by atoms with Crippen molar-refractivity contribution in [2.75, 3.05) is 18.2 Å². The van der Waals surface area contributed by atoms with Crippen LogP contribution in [-0.4, -0.2) is 27.0 Å². The number of rotatable bonds is 4. The summed E-state index contributed by atoms with van der Waals surface area (Å²) in [5, 5.41) is 3.93. The highest BCUT2D eigenvalue weighted by atomic mass is 32.1. The van der Waals surface area contributed by atoms with Crippen LogP contribution in [0.4, 0.5) is 16.8 Å². The van der Waals surface area contributed by atoms with Crippen LogP contribution < -0.4 is 15.8 Å². The van der Waals surface area contributed by atoms with E-state index in [0.717, 1.165) is 26.5 Å². The first kappa shape index (κ1) is 18.5. The first-order valence-corrected chi connectivity index (χ1v) is 9.28. The molecule has 0 spiro atoms. The van der Waals surface area contributed by atoms with Crippen molar-refractivity contribution in [1.29, 1.82) is 0 Å². The number of pyridine rings is 1. The summed E-state index contributed by atoms with van der Waals surface area (Å²) < 4.78 is 6.30. The Balaban J connectivity index is 0.00000102. The van der Waals surface area contributed by atoms with Crippen molar-refractivity contribution in [2.24, 2.45) is 0 Å². The van der Waals surface area contributed by atoms with Gasteiger partial charge in [0.05, 0.1) is 23.5 Å². The molecule has 3 aromatic heterocycles. The number of methoxy groups -OCH3 is 1. The summed E-state index contributed by atoms with van der Waals surface area (Å²) in [6.45, 7) is 4.00. The number of ether oxygens (including phenoxy) is 1. The van der Waals surface area contributed by atoms with Crippen LogP contribution >= 0.6 is 11.3 Å². The van der Waals surface area contributed by atoms with Gasteiger partial charge < -0.3 is 15.8 Å². The van der Waals surface area contributed by atoms with Gasteiger partial charge >= 0.3 is 0 Å². The fourth-order valence-electron chi connectivity index (χ4n) is 2.41. The van der Waals surface area contributed by atoms with E-state index < -0.39 is 0 Å². The molecule has 0 saturated heterocycles. The number of aromatic nitrogens is 4. The van der Waals surface area contributed by atoms with Crippen LogP contribution in [-0.2, 0) is 0 Å². The molecule has 1 aromatic carbocycles. The molecule has 0 atom stereocenters. The quantitative estimate of drug-likeness (QED) is 0.537. The van der Waals surface area contributed by atoms with Gasteiger partial charge in [0.1, 0.15) is 0 Å². The van der Waals surface area contributed by atoms with Crippen molar-refractivity contribution in [2.45, 2.75) is 13.8 Å².